The molecule has 0 saturated heterocycles. The third kappa shape index (κ3) is 3.11. The van der Waals surface area contributed by atoms with E-state index in [2.05, 4.69) is 6.92 Å². The zero-order valence-corrected chi connectivity index (χ0v) is 7.97. The molecule has 0 fully saturated rings. The van der Waals surface area contributed by atoms with Crippen LogP contribution in [0.15, 0.2) is 24.3 Å². The van der Waals surface area contributed by atoms with Crippen LogP contribution in [0, 0.1) is 0 Å². The van der Waals surface area contributed by atoms with Gasteiger partial charge in [0.05, 0.1) is 11.6 Å². The lowest BCUT2D eigenvalue weighted by Gasteiger charge is -2.04. The standard InChI is InChI=1S/C9H11ClO.H3N/c1-2-7-11-9-6-4-3-5-8(9)10;/h3-6H,2,7H2,1H3;1H3. The van der Waals surface area contributed by atoms with E-state index in [4.69, 9.17) is 16.3 Å². The highest BCUT2D eigenvalue weighted by molar-refractivity contribution is 6.32. The largest absolute Gasteiger partial charge is 0.492 e. The van der Waals surface area contributed by atoms with Gasteiger partial charge in [-0.05, 0) is 18.6 Å². The van der Waals surface area contributed by atoms with Gasteiger partial charge in [0.1, 0.15) is 5.75 Å². The second-order valence-electron chi connectivity index (χ2n) is 2.28. The van der Waals surface area contributed by atoms with Gasteiger partial charge in [0.2, 0.25) is 0 Å². The summed E-state index contributed by atoms with van der Waals surface area (Å²) in [6.45, 7) is 2.79. The molecule has 1 aromatic carbocycles. The lowest BCUT2D eigenvalue weighted by molar-refractivity contribution is 0.317. The van der Waals surface area contributed by atoms with Crippen molar-refractivity contribution in [2.24, 2.45) is 0 Å². The summed E-state index contributed by atoms with van der Waals surface area (Å²) in [5.41, 5.74) is 0. The smallest absolute Gasteiger partial charge is 0.137 e. The first-order chi connectivity index (χ1) is 5.34. The molecule has 1 rings (SSSR count). The molecule has 0 heterocycles. The van der Waals surface area contributed by atoms with Crippen LogP contribution in [0.25, 0.3) is 0 Å². The van der Waals surface area contributed by atoms with E-state index in [1.807, 2.05) is 24.3 Å². The van der Waals surface area contributed by atoms with Gasteiger partial charge in [-0.2, -0.15) is 0 Å². The number of halogens is 1. The first kappa shape index (κ1) is 11.3. The molecule has 0 saturated carbocycles. The monoisotopic (exact) mass is 187 g/mol. The quantitative estimate of drug-likeness (QED) is 0.789. The summed E-state index contributed by atoms with van der Waals surface area (Å²) in [4.78, 5) is 0. The van der Waals surface area contributed by atoms with Crippen LogP contribution in [0.2, 0.25) is 5.02 Å². The second-order valence-corrected chi connectivity index (χ2v) is 2.69. The maximum atomic E-state index is 5.83. The van der Waals surface area contributed by atoms with Crippen molar-refractivity contribution in [1.82, 2.24) is 6.15 Å². The number of benzene rings is 1. The Bertz CT molecular complexity index is 228. The van der Waals surface area contributed by atoms with Crippen molar-refractivity contribution >= 4 is 11.6 Å². The van der Waals surface area contributed by atoms with E-state index in [1.165, 1.54) is 0 Å². The average molecular weight is 188 g/mol. The Morgan fingerprint density at radius 1 is 1.33 bits per heavy atom. The maximum Gasteiger partial charge on any atom is 0.137 e. The van der Waals surface area contributed by atoms with E-state index < -0.39 is 0 Å². The minimum absolute atomic E-state index is 0. The van der Waals surface area contributed by atoms with Gasteiger partial charge in [0, 0.05) is 0 Å². The molecule has 2 nitrogen and oxygen atoms in total. The second kappa shape index (κ2) is 5.86. The molecule has 0 aliphatic carbocycles. The molecule has 0 aliphatic heterocycles. The van der Waals surface area contributed by atoms with Gasteiger partial charge in [-0.1, -0.05) is 30.7 Å². The summed E-state index contributed by atoms with van der Waals surface area (Å²) < 4.78 is 5.35. The molecular weight excluding hydrogens is 174 g/mol. The molecule has 0 aliphatic rings. The summed E-state index contributed by atoms with van der Waals surface area (Å²) in [7, 11) is 0. The summed E-state index contributed by atoms with van der Waals surface area (Å²) >= 11 is 5.83. The van der Waals surface area contributed by atoms with Crippen molar-refractivity contribution in [2.45, 2.75) is 13.3 Å². The lowest BCUT2D eigenvalue weighted by atomic mass is 10.3. The third-order valence-electron chi connectivity index (χ3n) is 1.30. The van der Waals surface area contributed by atoms with Gasteiger partial charge in [0.25, 0.3) is 0 Å². The van der Waals surface area contributed by atoms with Crippen LogP contribution in [0.3, 0.4) is 0 Å². The number of rotatable bonds is 3. The van der Waals surface area contributed by atoms with Gasteiger partial charge in [-0.15, -0.1) is 0 Å². The van der Waals surface area contributed by atoms with E-state index in [0.717, 1.165) is 18.8 Å². The van der Waals surface area contributed by atoms with Crippen molar-refractivity contribution in [3.05, 3.63) is 29.3 Å². The predicted octanol–water partition coefficient (Wildman–Crippen LogP) is 3.29. The van der Waals surface area contributed by atoms with E-state index in [0.29, 0.717) is 5.02 Å². The van der Waals surface area contributed by atoms with Crippen molar-refractivity contribution in [1.29, 1.82) is 0 Å². The fourth-order valence-corrected chi connectivity index (χ4v) is 0.964. The summed E-state index contributed by atoms with van der Waals surface area (Å²) in [5.74, 6) is 0.774. The van der Waals surface area contributed by atoms with Gasteiger partial charge < -0.3 is 10.9 Å². The fourth-order valence-electron chi connectivity index (χ4n) is 0.774. The van der Waals surface area contributed by atoms with Crippen LogP contribution < -0.4 is 10.9 Å². The summed E-state index contributed by atoms with van der Waals surface area (Å²) in [5, 5.41) is 0.681. The first-order valence-electron chi connectivity index (χ1n) is 3.72. The Morgan fingerprint density at radius 2 is 2.00 bits per heavy atom. The van der Waals surface area contributed by atoms with Crippen molar-refractivity contribution < 1.29 is 4.74 Å². The highest BCUT2D eigenvalue weighted by atomic mass is 35.5. The topological polar surface area (TPSA) is 44.2 Å². The third-order valence-corrected chi connectivity index (χ3v) is 1.61. The number of hydrogen-bond acceptors (Lipinski definition) is 2. The Hall–Kier alpha value is -0.730. The maximum absolute atomic E-state index is 5.83. The summed E-state index contributed by atoms with van der Waals surface area (Å²) in [6.07, 6.45) is 1.01. The minimum Gasteiger partial charge on any atom is -0.492 e. The molecule has 3 N–H and O–H groups in total. The van der Waals surface area contributed by atoms with Gasteiger partial charge >= 0.3 is 0 Å². The summed E-state index contributed by atoms with van der Waals surface area (Å²) in [6, 6.07) is 7.50. The lowest BCUT2D eigenvalue weighted by Crippen LogP contribution is -1.94. The Kier molecular flexibility index (Phi) is 5.51. The predicted molar refractivity (Wildman–Crippen MR) is 52.3 cm³/mol. The normalized spacial score (nSPS) is 8.83. The molecule has 0 aromatic heterocycles. The van der Waals surface area contributed by atoms with Gasteiger partial charge in [0.15, 0.2) is 0 Å². The molecular formula is C9H14ClNO. The molecule has 3 heteroatoms. The molecule has 0 unspecified atom stereocenters. The van der Waals surface area contributed by atoms with E-state index >= 15 is 0 Å². The molecule has 1 aromatic rings. The van der Waals surface area contributed by atoms with Crippen LogP contribution in [0.4, 0.5) is 0 Å². The molecule has 68 valence electrons. The zero-order chi connectivity index (χ0) is 8.10. The highest BCUT2D eigenvalue weighted by Crippen LogP contribution is 2.22. The van der Waals surface area contributed by atoms with Crippen molar-refractivity contribution in [3.8, 4) is 5.75 Å². The van der Waals surface area contributed by atoms with E-state index in [-0.39, 0.29) is 6.15 Å². The van der Waals surface area contributed by atoms with Crippen molar-refractivity contribution in [2.75, 3.05) is 6.61 Å². The van der Waals surface area contributed by atoms with E-state index in [1.54, 1.807) is 0 Å². The molecule has 0 bridgehead atoms. The number of para-hydroxylation sites is 1. The Labute approximate surface area is 78.1 Å². The van der Waals surface area contributed by atoms with Gasteiger partial charge in [-0.3, -0.25) is 0 Å². The van der Waals surface area contributed by atoms with Gasteiger partial charge in [-0.25, -0.2) is 0 Å². The van der Waals surface area contributed by atoms with Crippen LogP contribution in [-0.2, 0) is 0 Å². The first-order valence-corrected chi connectivity index (χ1v) is 4.09. The molecule has 0 spiro atoms. The number of hydrogen-bond donors (Lipinski definition) is 1. The molecule has 0 radical (unpaired) electrons. The van der Waals surface area contributed by atoms with Crippen LogP contribution in [-0.4, -0.2) is 6.61 Å². The minimum atomic E-state index is 0. The SMILES string of the molecule is CCCOc1ccccc1Cl.N. The van der Waals surface area contributed by atoms with Crippen LogP contribution in [0.1, 0.15) is 13.3 Å². The Balaban J connectivity index is 0.00000121. The number of ether oxygens (including phenoxy) is 1. The molecule has 12 heavy (non-hydrogen) atoms. The van der Waals surface area contributed by atoms with Crippen LogP contribution in [0.5, 0.6) is 5.75 Å². The fraction of sp³-hybridized carbons (Fsp3) is 0.333. The molecule has 0 atom stereocenters. The van der Waals surface area contributed by atoms with E-state index in [9.17, 15) is 0 Å². The highest BCUT2D eigenvalue weighted by Gasteiger charge is 1.96. The Morgan fingerprint density at radius 3 is 2.58 bits per heavy atom. The average Bonchev–Trinajstić information content (AvgIpc) is 2.03. The zero-order valence-electron chi connectivity index (χ0n) is 7.22. The molecule has 0 amide bonds. The van der Waals surface area contributed by atoms with Crippen molar-refractivity contribution in [3.63, 3.8) is 0 Å². The van der Waals surface area contributed by atoms with Crippen LogP contribution >= 0.6 is 11.6 Å².